The van der Waals surface area contributed by atoms with Crippen molar-refractivity contribution in [1.29, 1.82) is 0 Å². The van der Waals surface area contributed by atoms with Gasteiger partial charge in [0.05, 0.1) is 47.2 Å². The molecular weight excluding hydrogens is 551 g/mol. The van der Waals surface area contributed by atoms with Gasteiger partial charge in [-0.05, 0) is 60.0 Å². The lowest BCUT2D eigenvalue weighted by atomic mass is 9.76. The molecule has 7 nitrogen and oxygen atoms in total. The number of nitrogens with zero attached hydrogens (tertiary/aromatic N) is 2. The number of hydrogen-bond donors (Lipinski definition) is 0. The summed E-state index contributed by atoms with van der Waals surface area (Å²) in [6.07, 6.45) is 0. The highest BCUT2D eigenvalue weighted by Gasteiger charge is 2.50. The number of methoxy groups -OCH3 is 2. The van der Waals surface area contributed by atoms with Crippen LogP contribution in [0.15, 0.2) is 54.6 Å². The van der Waals surface area contributed by atoms with Crippen molar-refractivity contribution in [2.75, 3.05) is 58.6 Å². The number of amides is 1. The third-order valence-electron chi connectivity index (χ3n) is 7.78. The average Bonchev–Trinajstić information content (AvgIpc) is 3.18. The van der Waals surface area contributed by atoms with Gasteiger partial charge in [0.25, 0.3) is 0 Å². The normalized spacial score (nSPS) is 19.1. The predicted molar refractivity (Wildman–Crippen MR) is 157 cm³/mol. The Bertz CT molecular complexity index is 1380. The number of morpholine rings is 1. The number of benzene rings is 3. The summed E-state index contributed by atoms with van der Waals surface area (Å²) >= 11 is 13.3. The van der Waals surface area contributed by atoms with Gasteiger partial charge in [-0.1, -0.05) is 35.3 Å². The summed E-state index contributed by atoms with van der Waals surface area (Å²) < 4.78 is 22.4. The van der Waals surface area contributed by atoms with Crippen molar-refractivity contribution in [1.82, 2.24) is 4.90 Å². The van der Waals surface area contributed by atoms with Crippen molar-refractivity contribution in [3.63, 3.8) is 0 Å². The second kappa shape index (κ2) is 12.4. The molecule has 0 aromatic heterocycles. The molecule has 1 atom stereocenters. The summed E-state index contributed by atoms with van der Waals surface area (Å²) in [5.74, 6) is 1.24. The smallest absolute Gasteiger partial charge is 0.242 e. The van der Waals surface area contributed by atoms with Crippen LogP contribution >= 0.6 is 23.2 Å². The number of hydrogen-bond acceptors (Lipinski definition) is 6. The number of halogens is 2. The van der Waals surface area contributed by atoms with E-state index in [-0.39, 0.29) is 5.91 Å². The summed E-state index contributed by atoms with van der Waals surface area (Å²) in [4.78, 5) is 18.4. The fourth-order valence-electron chi connectivity index (χ4n) is 5.46. The lowest BCUT2D eigenvalue weighted by Crippen LogP contribution is -2.39. The van der Waals surface area contributed by atoms with Crippen LogP contribution in [0.5, 0.6) is 11.5 Å². The van der Waals surface area contributed by atoms with E-state index in [0.717, 1.165) is 60.8 Å². The van der Waals surface area contributed by atoms with Gasteiger partial charge in [-0.2, -0.15) is 0 Å². The number of ether oxygens (including phenoxy) is 4. The van der Waals surface area contributed by atoms with Gasteiger partial charge in [-0.25, -0.2) is 0 Å². The van der Waals surface area contributed by atoms with E-state index in [1.165, 1.54) is 0 Å². The summed E-state index contributed by atoms with van der Waals surface area (Å²) in [6, 6.07) is 16.9. The van der Waals surface area contributed by atoms with Gasteiger partial charge in [-0.3, -0.25) is 9.69 Å². The quantitative estimate of drug-likeness (QED) is 0.284. The van der Waals surface area contributed by atoms with Crippen LogP contribution < -0.4 is 14.4 Å². The Kier molecular flexibility index (Phi) is 8.88. The van der Waals surface area contributed by atoms with Crippen molar-refractivity contribution in [2.45, 2.75) is 25.5 Å². The minimum Gasteiger partial charge on any atom is -0.497 e. The van der Waals surface area contributed by atoms with Gasteiger partial charge in [0.1, 0.15) is 16.9 Å². The number of carbonyl (C=O) groups is 1. The molecule has 3 aromatic carbocycles. The van der Waals surface area contributed by atoms with E-state index in [0.29, 0.717) is 41.3 Å². The molecule has 5 rings (SSSR count). The van der Waals surface area contributed by atoms with Gasteiger partial charge < -0.3 is 23.8 Å². The molecule has 1 unspecified atom stereocenters. The van der Waals surface area contributed by atoms with E-state index in [9.17, 15) is 4.79 Å². The molecule has 212 valence electrons. The van der Waals surface area contributed by atoms with Gasteiger partial charge >= 0.3 is 0 Å². The van der Waals surface area contributed by atoms with Crippen LogP contribution in [0.2, 0.25) is 10.0 Å². The Balaban J connectivity index is 1.42. The molecule has 2 heterocycles. The molecule has 0 radical (unpaired) electrons. The maximum Gasteiger partial charge on any atom is 0.242 e. The van der Waals surface area contributed by atoms with Crippen molar-refractivity contribution < 1.29 is 23.7 Å². The van der Waals surface area contributed by atoms with E-state index in [1.54, 1.807) is 25.2 Å². The Labute approximate surface area is 245 Å². The first-order valence-electron chi connectivity index (χ1n) is 13.3. The molecule has 0 spiro atoms. The van der Waals surface area contributed by atoms with Crippen LogP contribution in [0.4, 0.5) is 5.69 Å². The summed E-state index contributed by atoms with van der Waals surface area (Å²) in [5, 5.41) is 1.07. The van der Waals surface area contributed by atoms with Crippen LogP contribution in [-0.4, -0.2) is 64.5 Å². The highest BCUT2D eigenvalue weighted by molar-refractivity contribution is 6.32. The largest absolute Gasteiger partial charge is 0.497 e. The monoisotopic (exact) mass is 584 g/mol. The van der Waals surface area contributed by atoms with Gasteiger partial charge in [-0.15, -0.1) is 0 Å². The van der Waals surface area contributed by atoms with Crippen LogP contribution in [0.3, 0.4) is 0 Å². The highest BCUT2D eigenvalue weighted by atomic mass is 35.5. The number of carbonyl (C=O) groups excluding carboxylic acids is 1. The first-order valence-corrected chi connectivity index (χ1v) is 14.1. The first kappa shape index (κ1) is 28.7. The molecule has 0 N–H and O–H groups in total. The van der Waals surface area contributed by atoms with E-state index in [4.69, 9.17) is 42.1 Å². The molecule has 1 saturated heterocycles. The lowest BCUT2D eigenvalue weighted by molar-refractivity contribution is -0.121. The average molecular weight is 586 g/mol. The third-order valence-corrected chi connectivity index (χ3v) is 8.34. The summed E-state index contributed by atoms with van der Waals surface area (Å²) in [7, 11) is 3.22. The van der Waals surface area contributed by atoms with Crippen LogP contribution in [-0.2, 0) is 32.8 Å². The Hall–Kier alpha value is -2.81. The van der Waals surface area contributed by atoms with E-state index < -0.39 is 5.41 Å². The minimum absolute atomic E-state index is 0.0880. The summed E-state index contributed by atoms with van der Waals surface area (Å²) in [5.41, 5.74) is 3.09. The standard InChI is InChI=1S/C31H34Cl2N2O5/c1-31(25-16-21(4-8-27(25)33)20-40-15-12-34-10-13-39-14-11-34)26-17-23(32)6-9-28(26)35(30(31)36)19-22-5-7-24(37-2)18-29(22)38-3/h4-9,16-18H,10-15,19-20H2,1-3H3. The maximum atomic E-state index is 14.3. The van der Waals surface area contributed by atoms with E-state index in [2.05, 4.69) is 4.90 Å². The SMILES string of the molecule is COc1ccc(CN2C(=O)C(C)(c3cc(COCCN4CCOCC4)ccc3Cl)c3cc(Cl)ccc32)c(OC)c1. The maximum absolute atomic E-state index is 14.3. The Morgan fingerprint density at radius 3 is 2.50 bits per heavy atom. The Morgan fingerprint density at radius 2 is 1.75 bits per heavy atom. The summed E-state index contributed by atoms with van der Waals surface area (Å²) in [6.45, 7) is 7.51. The zero-order valence-corrected chi connectivity index (χ0v) is 24.6. The minimum atomic E-state index is -1.04. The molecule has 0 aliphatic carbocycles. The second-order valence-electron chi connectivity index (χ2n) is 10.2. The molecule has 2 aliphatic heterocycles. The second-order valence-corrected chi connectivity index (χ2v) is 11.0. The van der Waals surface area contributed by atoms with Crippen LogP contribution in [0.1, 0.15) is 29.2 Å². The predicted octanol–water partition coefficient (Wildman–Crippen LogP) is 5.71. The topological polar surface area (TPSA) is 60.5 Å². The molecule has 2 aliphatic rings. The van der Waals surface area contributed by atoms with Crippen LogP contribution in [0.25, 0.3) is 0 Å². The molecule has 0 bridgehead atoms. The molecule has 1 amide bonds. The first-order chi connectivity index (χ1) is 19.3. The van der Waals surface area contributed by atoms with Crippen LogP contribution in [0, 0.1) is 0 Å². The fraction of sp³-hybridized carbons (Fsp3) is 0.387. The zero-order valence-electron chi connectivity index (χ0n) is 23.0. The van der Waals surface area contributed by atoms with Crippen molar-refractivity contribution in [3.8, 4) is 11.5 Å². The van der Waals surface area contributed by atoms with Gasteiger partial charge in [0.2, 0.25) is 5.91 Å². The van der Waals surface area contributed by atoms with E-state index >= 15 is 0 Å². The number of anilines is 1. The van der Waals surface area contributed by atoms with Crippen molar-refractivity contribution in [2.24, 2.45) is 0 Å². The fourth-order valence-corrected chi connectivity index (χ4v) is 5.94. The van der Waals surface area contributed by atoms with E-state index in [1.807, 2.05) is 55.5 Å². The highest BCUT2D eigenvalue weighted by Crippen LogP contribution is 2.49. The third kappa shape index (κ3) is 5.67. The zero-order chi connectivity index (χ0) is 28.3. The molecule has 40 heavy (non-hydrogen) atoms. The van der Waals surface area contributed by atoms with Gasteiger partial charge in [0, 0.05) is 47.0 Å². The molecule has 9 heteroatoms. The number of fused-ring (bicyclic) bond motifs is 1. The molecule has 1 fully saturated rings. The molecule has 3 aromatic rings. The lowest BCUT2D eigenvalue weighted by Gasteiger charge is -2.27. The van der Waals surface area contributed by atoms with Crippen molar-refractivity contribution in [3.05, 3.63) is 86.9 Å². The van der Waals surface area contributed by atoms with Crippen molar-refractivity contribution >= 4 is 34.8 Å². The van der Waals surface area contributed by atoms with Gasteiger partial charge in [0.15, 0.2) is 0 Å². The number of rotatable bonds is 10. The molecule has 0 saturated carbocycles. The Morgan fingerprint density at radius 1 is 0.950 bits per heavy atom. The molecular formula is C31H34Cl2N2O5.